The highest BCUT2D eigenvalue weighted by molar-refractivity contribution is 6.08. The summed E-state index contributed by atoms with van der Waals surface area (Å²) in [5, 5.41) is 0. The van der Waals surface area contributed by atoms with E-state index in [-0.39, 0.29) is 11.8 Å². The third-order valence-electron chi connectivity index (χ3n) is 1.89. The SMILES string of the molecule is O=C1NNC2=NCCCC12. The molecule has 0 spiro atoms. The Bertz CT molecular complexity index is 199. The summed E-state index contributed by atoms with van der Waals surface area (Å²) in [6.07, 6.45) is 1.97. The van der Waals surface area contributed by atoms with Crippen LogP contribution in [0.25, 0.3) is 0 Å². The number of carbonyl (C=O) groups excluding carboxylic acids is 1. The van der Waals surface area contributed by atoms with E-state index in [1.165, 1.54) is 0 Å². The molecule has 2 N–H and O–H groups in total. The van der Waals surface area contributed by atoms with Crippen molar-refractivity contribution in [3.05, 3.63) is 0 Å². The molecular weight excluding hydrogens is 130 g/mol. The zero-order chi connectivity index (χ0) is 6.97. The van der Waals surface area contributed by atoms with Crippen LogP contribution in [0.2, 0.25) is 0 Å². The fraction of sp³-hybridized carbons (Fsp3) is 0.667. The Labute approximate surface area is 58.7 Å². The first-order chi connectivity index (χ1) is 4.88. The molecule has 1 atom stereocenters. The molecule has 2 aliphatic rings. The molecule has 1 amide bonds. The highest BCUT2D eigenvalue weighted by Crippen LogP contribution is 2.15. The number of fused-ring (bicyclic) bond motifs is 1. The second-order valence-corrected chi connectivity index (χ2v) is 2.58. The summed E-state index contributed by atoms with van der Waals surface area (Å²) < 4.78 is 0. The number of hydrogen-bond donors (Lipinski definition) is 2. The number of amides is 1. The van der Waals surface area contributed by atoms with Crippen LogP contribution in [0.3, 0.4) is 0 Å². The van der Waals surface area contributed by atoms with Gasteiger partial charge in [0.2, 0.25) is 5.91 Å². The standard InChI is InChI=1S/C6H9N3O/c10-6-4-2-1-3-7-5(4)8-9-6/h4H,1-3H2,(H,7,8)(H,9,10). The summed E-state index contributed by atoms with van der Waals surface area (Å²) in [5.41, 5.74) is 5.30. The van der Waals surface area contributed by atoms with Crippen LogP contribution in [0.1, 0.15) is 12.8 Å². The zero-order valence-electron chi connectivity index (χ0n) is 5.55. The number of rotatable bonds is 0. The topological polar surface area (TPSA) is 53.5 Å². The number of carbonyl (C=O) groups is 1. The minimum atomic E-state index is 0.0220. The first-order valence-corrected chi connectivity index (χ1v) is 3.48. The number of nitrogens with one attached hydrogen (secondary N) is 2. The normalized spacial score (nSPS) is 30.2. The van der Waals surface area contributed by atoms with Crippen LogP contribution < -0.4 is 10.9 Å². The van der Waals surface area contributed by atoms with Gasteiger partial charge in [0.15, 0.2) is 0 Å². The van der Waals surface area contributed by atoms with Crippen LogP contribution in [0.15, 0.2) is 4.99 Å². The Morgan fingerprint density at radius 1 is 1.50 bits per heavy atom. The maximum absolute atomic E-state index is 11.0. The van der Waals surface area contributed by atoms with Crippen molar-refractivity contribution < 1.29 is 4.79 Å². The summed E-state index contributed by atoms with van der Waals surface area (Å²) >= 11 is 0. The van der Waals surface area contributed by atoms with Gasteiger partial charge in [0.1, 0.15) is 5.84 Å². The Hall–Kier alpha value is -1.06. The highest BCUT2D eigenvalue weighted by atomic mass is 16.2. The van der Waals surface area contributed by atoms with E-state index in [1.54, 1.807) is 0 Å². The molecule has 0 aliphatic carbocycles. The summed E-state index contributed by atoms with van der Waals surface area (Å²) in [5.74, 6) is 0.920. The fourth-order valence-corrected chi connectivity index (χ4v) is 1.34. The van der Waals surface area contributed by atoms with E-state index in [0.717, 1.165) is 25.2 Å². The number of hydrogen-bond acceptors (Lipinski definition) is 3. The first-order valence-electron chi connectivity index (χ1n) is 3.48. The van der Waals surface area contributed by atoms with Gasteiger partial charge in [-0.2, -0.15) is 0 Å². The second kappa shape index (κ2) is 1.97. The Kier molecular flexibility index (Phi) is 1.12. The highest BCUT2D eigenvalue weighted by Gasteiger charge is 2.31. The second-order valence-electron chi connectivity index (χ2n) is 2.58. The van der Waals surface area contributed by atoms with Gasteiger partial charge in [0.05, 0.1) is 5.92 Å². The molecule has 10 heavy (non-hydrogen) atoms. The fourth-order valence-electron chi connectivity index (χ4n) is 1.34. The number of nitrogens with zero attached hydrogens (tertiary/aromatic N) is 1. The molecule has 1 fully saturated rings. The zero-order valence-corrected chi connectivity index (χ0v) is 5.55. The predicted molar refractivity (Wildman–Crippen MR) is 36.3 cm³/mol. The van der Waals surface area contributed by atoms with Crippen LogP contribution in [0.5, 0.6) is 0 Å². The van der Waals surface area contributed by atoms with E-state index in [0.29, 0.717) is 0 Å². The van der Waals surface area contributed by atoms with E-state index in [2.05, 4.69) is 15.8 Å². The van der Waals surface area contributed by atoms with E-state index in [4.69, 9.17) is 0 Å². The third kappa shape index (κ3) is 0.683. The van der Waals surface area contributed by atoms with Gasteiger partial charge in [-0.15, -0.1) is 0 Å². The van der Waals surface area contributed by atoms with Gasteiger partial charge >= 0.3 is 0 Å². The molecule has 2 heterocycles. The lowest BCUT2D eigenvalue weighted by Gasteiger charge is -2.10. The summed E-state index contributed by atoms with van der Waals surface area (Å²) in [4.78, 5) is 15.1. The van der Waals surface area contributed by atoms with Gasteiger partial charge in [-0.25, -0.2) is 0 Å². The molecule has 4 heteroatoms. The number of aliphatic imine (C=N–C) groups is 1. The minimum absolute atomic E-state index is 0.0220. The van der Waals surface area contributed by atoms with E-state index in [1.807, 2.05) is 0 Å². The summed E-state index contributed by atoms with van der Waals surface area (Å²) in [6, 6.07) is 0. The molecule has 1 saturated heterocycles. The van der Waals surface area contributed by atoms with Gasteiger partial charge in [-0.3, -0.25) is 20.6 Å². The first kappa shape index (κ1) is 5.70. The van der Waals surface area contributed by atoms with Gasteiger partial charge in [-0.1, -0.05) is 0 Å². The van der Waals surface area contributed by atoms with E-state index in [9.17, 15) is 4.79 Å². The Balaban J connectivity index is 2.25. The van der Waals surface area contributed by atoms with Crippen molar-refractivity contribution in [3.8, 4) is 0 Å². The maximum atomic E-state index is 11.0. The average molecular weight is 139 g/mol. The Morgan fingerprint density at radius 3 is 3.20 bits per heavy atom. The van der Waals surface area contributed by atoms with Gasteiger partial charge < -0.3 is 0 Å². The molecule has 0 radical (unpaired) electrons. The molecule has 54 valence electrons. The van der Waals surface area contributed by atoms with Crippen molar-refractivity contribution >= 4 is 11.7 Å². The van der Waals surface area contributed by atoms with Crippen LogP contribution in [-0.4, -0.2) is 18.3 Å². The Morgan fingerprint density at radius 2 is 2.40 bits per heavy atom. The molecule has 4 nitrogen and oxygen atoms in total. The minimum Gasteiger partial charge on any atom is -0.285 e. The van der Waals surface area contributed by atoms with Gasteiger partial charge in [-0.05, 0) is 12.8 Å². The monoisotopic (exact) mass is 139 g/mol. The molecule has 0 bridgehead atoms. The van der Waals surface area contributed by atoms with Crippen molar-refractivity contribution in [1.82, 2.24) is 10.9 Å². The van der Waals surface area contributed by atoms with Crippen molar-refractivity contribution in [2.24, 2.45) is 10.9 Å². The van der Waals surface area contributed by atoms with E-state index < -0.39 is 0 Å². The molecule has 0 aromatic heterocycles. The lowest BCUT2D eigenvalue weighted by Crippen LogP contribution is -2.28. The van der Waals surface area contributed by atoms with Crippen LogP contribution in [0.4, 0.5) is 0 Å². The molecule has 0 aromatic carbocycles. The van der Waals surface area contributed by atoms with Crippen LogP contribution in [0, 0.1) is 5.92 Å². The quantitative estimate of drug-likeness (QED) is 0.472. The molecular formula is C6H9N3O. The summed E-state index contributed by atoms with van der Waals surface area (Å²) in [7, 11) is 0. The van der Waals surface area contributed by atoms with Crippen molar-refractivity contribution in [2.45, 2.75) is 12.8 Å². The number of amidine groups is 1. The van der Waals surface area contributed by atoms with Crippen molar-refractivity contribution in [3.63, 3.8) is 0 Å². The van der Waals surface area contributed by atoms with Gasteiger partial charge in [0.25, 0.3) is 0 Å². The predicted octanol–water partition coefficient (Wildman–Crippen LogP) is -0.571. The summed E-state index contributed by atoms with van der Waals surface area (Å²) in [6.45, 7) is 0.855. The molecule has 1 unspecified atom stereocenters. The lowest BCUT2D eigenvalue weighted by molar-refractivity contribution is -0.122. The molecule has 0 aromatic rings. The van der Waals surface area contributed by atoms with Gasteiger partial charge in [0, 0.05) is 6.54 Å². The largest absolute Gasteiger partial charge is 0.285 e. The lowest BCUT2D eigenvalue weighted by atomic mass is 10.0. The molecule has 2 rings (SSSR count). The van der Waals surface area contributed by atoms with Crippen molar-refractivity contribution in [2.75, 3.05) is 6.54 Å². The smallest absolute Gasteiger partial charge is 0.249 e. The number of hydrazine groups is 1. The molecule has 0 saturated carbocycles. The van der Waals surface area contributed by atoms with Crippen LogP contribution >= 0.6 is 0 Å². The third-order valence-corrected chi connectivity index (χ3v) is 1.89. The van der Waals surface area contributed by atoms with E-state index >= 15 is 0 Å². The van der Waals surface area contributed by atoms with Crippen LogP contribution in [-0.2, 0) is 4.79 Å². The molecule has 2 aliphatic heterocycles. The van der Waals surface area contributed by atoms with Crippen molar-refractivity contribution in [1.29, 1.82) is 0 Å². The maximum Gasteiger partial charge on any atom is 0.249 e. The average Bonchev–Trinajstić information content (AvgIpc) is 2.34.